The van der Waals surface area contributed by atoms with Crippen molar-refractivity contribution in [3.8, 4) is 10.4 Å². The Morgan fingerprint density at radius 2 is 1.89 bits per heavy atom. The van der Waals surface area contributed by atoms with Gasteiger partial charge in [0.25, 0.3) is 5.69 Å². The van der Waals surface area contributed by atoms with E-state index in [-0.39, 0.29) is 10.6 Å². The van der Waals surface area contributed by atoms with Gasteiger partial charge in [0.1, 0.15) is 0 Å². The largest absolute Gasteiger partial charge is 0.278 e. The first-order valence-electron chi connectivity index (χ1n) is 5.58. The molecule has 0 N–H and O–H groups in total. The topological polar surface area (TPSA) is 43.1 Å². The molecule has 3 rings (SSSR count). The molecule has 0 radical (unpaired) electrons. The van der Waals surface area contributed by atoms with Gasteiger partial charge in [0.2, 0.25) is 0 Å². The summed E-state index contributed by atoms with van der Waals surface area (Å²) in [6, 6.07) is 14.3. The zero-order valence-corrected chi connectivity index (χ0v) is 11.2. The van der Waals surface area contributed by atoms with Crippen molar-refractivity contribution in [2.24, 2.45) is 0 Å². The standard InChI is InChI=1S/C14H8ClNO2S/c15-11-6-3-4-9-8-13(19-14(9)11)10-5-1-2-7-12(10)16(17)18/h1-8H. The van der Waals surface area contributed by atoms with Gasteiger partial charge in [0, 0.05) is 10.9 Å². The third-order valence-corrected chi connectivity index (χ3v) is 4.51. The molecule has 0 aliphatic heterocycles. The van der Waals surface area contributed by atoms with Crippen molar-refractivity contribution in [2.45, 2.75) is 0 Å². The van der Waals surface area contributed by atoms with Gasteiger partial charge in [-0.05, 0) is 23.6 Å². The molecule has 0 fully saturated rings. The van der Waals surface area contributed by atoms with Gasteiger partial charge in [-0.15, -0.1) is 11.3 Å². The number of halogens is 1. The number of nitrogens with zero attached hydrogens (tertiary/aromatic N) is 1. The van der Waals surface area contributed by atoms with E-state index in [1.165, 1.54) is 17.4 Å². The first-order valence-corrected chi connectivity index (χ1v) is 6.78. The number of para-hydroxylation sites is 1. The van der Waals surface area contributed by atoms with Crippen LogP contribution in [0.2, 0.25) is 5.02 Å². The molecule has 0 aliphatic carbocycles. The highest BCUT2D eigenvalue weighted by atomic mass is 35.5. The molecule has 19 heavy (non-hydrogen) atoms. The van der Waals surface area contributed by atoms with E-state index in [1.807, 2.05) is 24.3 Å². The summed E-state index contributed by atoms with van der Waals surface area (Å²) < 4.78 is 0.956. The Kier molecular flexibility index (Phi) is 2.97. The zero-order valence-electron chi connectivity index (χ0n) is 9.67. The van der Waals surface area contributed by atoms with E-state index >= 15 is 0 Å². The Bertz CT molecular complexity index is 782. The second-order valence-electron chi connectivity index (χ2n) is 4.04. The number of nitro groups is 1. The zero-order chi connectivity index (χ0) is 13.4. The number of rotatable bonds is 2. The lowest BCUT2D eigenvalue weighted by Crippen LogP contribution is -1.89. The van der Waals surface area contributed by atoms with Crippen LogP contribution in [0.15, 0.2) is 48.5 Å². The number of fused-ring (bicyclic) bond motifs is 1. The molecule has 3 nitrogen and oxygen atoms in total. The average molecular weight is 290 g/mol. The normalized spacial score (nSPS) is 10.8. The van der Waals surface area contributed by atoms with Gasteiger partial charge in [-0.3, -0.25) is 10.1 Å². The van der Waals surface area contributed by atoms with Gasteiger partial charge in [0.05, 0.1) is 20.2 Å². The summed E-state index contributed by atoms with van der Waals surface area (Å²) in [5.74, 6) is 0. The molecule has 94 valence electrons. The maximum absolute atomic E-state index is 11.1. The lowest BCUT2D eigenvalue weighted by Gasteiger charge is -1.98. The molecule has 0 unspecified atom stereocenters. The monoisotopic (exact) mass is 289 g/mol. The summed E-state index contributed by atoms with van der Waals surface area (Å²) in [5.41, 5.74) is 0.745. The highest BCUT2D eigenvalue weighted by Gasteiger charge is 2.16. The van der Waals surface area contributed by atoms with Crippen LogP contribution in [0.5, 0.6) is 0 Å². The highest BCUT2D eigenvalue weighted by molar-refractivity contribution is 7.22. The Morgan fingerprint density at radius 1 is 1.11 bits per heavy atom. The van der Waals surface area contributed by atoms with Gasteiger partial charge in [-0.1, -0.05) is 35.9 Å². The van der Waals surface area contributed by atoms with Crippen LogP contribution in [0.1, 0.15) is 0 Å². The Balaban J connectivity index is 2.25. The van der Waals surface area contributed by atoms with Crippen LogP contribution >= 0.6 is 22.9 Å². The van der Waals surface area contributed by atoms with E-state index in [1.54, 1.807) is 18.2 Å². The van der Waals surface area contributed by atoms with E-state index in [2.05, 4.69) is 0 Å². The lowest BCUT2D eigenvalue weighted by molar-refractivity contribution is -0.384. The van der Waals surface area contributed by atoms with Crippen molar-refractivity contribution >= 4 is 38.7 Å². The van der Waals surface area contributed by atoms with Gasteiger partial charge >= 0.3 is 0 Å². The van der Waals surface area contributed by atoms with Crippen LogP contribution in [0.4, 0.5) is 5.69 Å². The number of thiophene rings is 1. The van der Waals surface area contributed by atoms with Crippen LogP contribution in [-0.4, -0.2) is 4.92 Å². The molecule has 0 saturated carbocycles. The minimum atomic E-state index is -0.360. The minimum Gasteiger partial charge on any atom is -0.258 e. The Hall–Kier alpha value is -1.91. The van der Waals surface area contributed by atoms with Gasteiger partial charge < -0.3 is 0 Å². The van der Waals surface area contributed by atoms with E-state index in [0.29, 0.717) is 10.6 Å². The fourth-order valence-corrected chi connectivity index (χ4v) is 3.40. The molecule has 0 aliphatic rings. The lowest BCUT2D eigenvalue weighted by atomic mass is 10.1. The minimum absolute atomic E-state index is 0.116. The SMILES string of the molecule is O=[N+]([O-])c1ccccc1-c1cc2cccc(Cl)c2s1. The summed E-state index contributed by atoms with van der Waals surface area (Å²) in [6.07, 6.45) is 0. The second kappa shape index (κ2) is 4.64. The molecule has 0 bridgehead atoms. The Morgan fingerprint density at radius 3 is 2.63 bits per heavy atom. The maximum Gasteiger partial charge on any atom is 0.278 e. The first kappa shape index (κ1) is 12.1. The number of hydrogen-bond donors (Lipinski definition) is 0. The van der Waals surface area contributed by atoms with Gasteiger partial charge in [-0.2, -0.15) is 0 Å². The second-order valence-corrected chi connectivity index (χ2v) is 5.50. The van der Waals surface area contributed by atoms with Crippen molar-refractivity contribution < 1.29 is 4.92 Å². The quantitative estimate of drug-likeness (QED) is 0.485. The van der Waals surface area contributed by atoms with Crippen molar-refractivity contribution in [3.63, 3.8) is 0 Å². The van der Waals surface area contributed by atoms with Crippen LogP contribution in [0.25, 0.3) is 20.5 Å². The van der Waals surface area contributed by atoms with Crippen LogP contribution in [0.3, 0.4) is 0 Å². The molecule has 2 aromatic carbocycles. The fraction of sp³-hybridized carbons (Fsp3) is 0. The molecular formula is C14H8ClNO2S. The third kappa shape index (κ3) is 2.09. The van der Waals surface area contributed by atoms with E-state index in [4.69, 9.17) is 11.6 Å². The molecular weight excluding hydrogens is 282 g/mol. The summed E-state index contributed by atoms with van der Waals surface area (Å²) in [5, 5.41) is 12.7. The number of nitro benzene ring substituents is 1. The van der Waals surface area contributed by atoms with E-state index < -0.39 is 0 Å². The molecule has 0 atom stereocenters. The van der Waals surface area contributed by atoms with E-state index in [9.17, 15) is 10.1 Å². The van der Waals surface area contributed by atoms with Crippen molar-refractivity contribution in [1.29, 1.82) is 0 Å². The van der Waals surface area contributed by atoms with Crippen LogP contribution < -0.4 is 0 Å². The molecule has 3 aromatic rings. The predicted octanol–water partition coefficient (Wildman–Crippen LogP) is 5.13. The summed E-state index contributed by atoms with van der Waals surface area (Å²) in [7, 11) is 0. The third-order valence-electron chi connectivity index (χ3n) is 2.86. The Labute approximate surface area is 118 Å². The van der Waals surface area contributed by atoms with Crippen molar-refractivity contribution in [1.82, 2.24) is 0 Å². The first-order chi connectivity index (χ1) is 9.16. The molecule has 1 heterocycles. The van der Waals surface area contributed by atoms with Crippen molar-refractivity contribution in [3.05, 3.63) is 63.7 Å². The summed E-state index contributed by atoms with van der Waals surface area (Å²) in [6.45, 7) is 0. The molecule has 5 heteroatoms. The smallest absolute Gasteiger partial charge is 0.258 e. The maximum atomic E-state index is 11.1. The number of benzene rings is 2. The van der Waals surface area contributed by atoms with E-state index in [0.717, 1.165) is 15.0 Å². The predicted molar refractivity (Wildman–Crippen MR) is 78.9 cm³/mol. The fourth-order valence-electron chi connectivity index (χ4n) is 2.00. The summed E-state index contributed by atoms with van der Waals surface area (Å²) >= 11 is 7.61. The summed E-state index contributed by atoms with van der Waals surface area (Å²) in [4.78, 5) is 11.6. The van der Waals surface area contributed by atoms with Gasteiger partial charge in [-0.25, -0.2) is 0 Å². The highest BCUT2D eigenvalue weighted by Crippen LogP contribution is 2.40. The van der Waals surface area contributed by atoms with Gasteiger partial charge in [0.15, 0.2) is 0 Å². The molecule has 0 amide bonds. The van der Waals surface area contributed by atoms with Crippen molar-refractivity contribution in [2.75, 3.05) is 0 Å². The molecule has 1 aromatic heterocycles. The molecule has 0 spiro atoms. The number of hydrogen-bond acceptors (Lipinski definition) is 3. The average Bonchev–Trinajstić information content (AvgIpc) is 2.84. The van der Waals surface area contributed by atoms with Crippen LogP contribution in [0, 0.1) is 10.1 Å². The van der Waals surface area contributed by atoms with Crippen LogP contribution in [-0.2, 0) is 0 Å². The molecule has 0 saturated heterocycles.